The molecule has 20 heavy (non-hydrogen) atoms. The Labute approximate surface area is 119 Å². The van der Waals surface area contributed by atoms with Crippen LogP contribution in [0.3, 0.4) is 0 Å². The smallest absolute Gasteiger partial charge is 0.252 e. The molecule has 0 aromatic heterocycles. The Morgan fingerprint density at radius 1 is 1.15 bits per heavy atom. The van der Waals surface area contributed by atoms with Gasteiger partial charge in [0, 0.05) is 18.7 Å². The minimum Gasteiger partial charge on any atom is -0.342 e. The summed E-state index contributed by atoms with van der Waals surface area (Å²) in [5, 5.41) is 2.99. The second-order valence-electron chi connectivity index (χ2n) is 5.83. The molecule has 106 valence electrons. The van der Waals surface area contributed by atoms with Crippen molar-refractivity contribution in [2.45, 2.75) is 44.6 Å². The molecule has 0 bridgehead atoms. The van der Waals surface area contributed by atoms with Crippen LogP contribution >= 0.6 is 0 Å². The number of para-hydroxylation sites is 1. The highest BCUT2D eigenvalue weighted by Crippen LogP contribution is 2.35. The van der Waals surface area contributed by atoms with Gasteiger partial charge < -0.3 is 10.2 Å². The van der Waals surface area contributed by atoms with Crippen LogP contribution in [0, 0.1) is 6.92 Å². The van der Waals surface area contributed by atoms with Gasteiger partial charge in [0.1, 0.15) is 5.54 Å². The van der Waals surface area contributed by atoms with Gasteiger partial charge in [-0.1, -0.05) is 31.0 Å². The quantitative estimate of drug-likeness (QED) is 0.851. The normalized spacial score (nSPS) is 21.9. The fourth-order valence-corrected chi connectivity index (χ4v) is 3.37. The number of rotatable bonds is 1. The third-order valence-corrected chi connectivity index (χ3v) is 4.46. The monoisotopic (exact) mass is 272 g/mol. The van der Waals surface area contributed by atoms with Crippen molar-refractivity contribution in [3.05, 3.63) is 29.8 Å². The van der Waals surface area contributed by atoms with Crippen LogP contribution in [0.5, 0.6) is 0 Å². The molecular formula is C16H20N2O2. The fourth-order valence-electron chi connectivity index (χ4n) is 3.37. The molecular weight excluding hydrogens is 252 g/mol. The zero-order valence-corrected chi connectivity index (χ0v) is 11.8. The lowest BCUT2D eigenvalue weighted by molar-refractivity contribution is -0.129. The van der Waals surface area contributed by atoms with E-state index in [-0.39, 0.29) is 11.8 Å². The van der Waals surface area contributed by atoms with Gasteiger partial charge in [-0.25, -0.2) is 0 Å². The van der Waals surface area contributed by atoms with Gasteiger partial charge in [-0.15, -0.1) is 0 Å². The van der Waals surface area contributed by atoms with E-state index in [9.17, 15) is 9.59 Å². The topological polar surface area (TPSA) is 49.4 Å². The molecule has 0 unspecified atom stereocenters. The Bertz CT molecular complexity index is 547. The highest BCUT2D eigenvalue weighted by molar-refractivity contribution is 6.04. The molecule has 4 heteroatoms. The van der Waals surface area contributed by atoms with Gasteiger partial charge in [-0.3, -0.25) is 9.59 Å². The number of aryl methyl sites for hydroxylation is 1. The summed E-state index contributed by atoms with van der Waals surface area (Å²) >= 11 is 0. The molecule has 1 aliphatic heterocycles. The van der Waals surface area contributed by atoms with Crippen molar-refractivity contribution >= 4 is 17.5 Å². The Hall–Kier alpha value is -1.84. The zero-order chi connectivity index (χ0) is 14.2. The first-order valence-electron chi connectivity index (χ1n) is 7.31. The molecule has 1 spiro atoms. The van der Waals surface area contributed by atoms with E-state index in [4.69, 9.17) is 0 Å². The van der Waals surface area contributed by atoms with Crippen LogP contribution in [0.25, 0.3) is 0 Å². The van der Waals surface area contributed by atoms with Crippen LogP contribution in [0.2, 0.25) is 0 Å². The fraction of sp³-hybridized carbons (Fsp3) is 0.500. The highest BCUT2D eigenvalue weighted by atomic mass is 16.2. The van der Waals surface area contributed by atoms with Crippen molar-refractivity contribution in [1.82, 2.24) is 5.32 Å². The van der Waals surface area contributed by atoms with E-state index < -0.39 is 5.54 Å². The van der Waals surface area contributed by atoms with Crippen LogP contribution in [0.4, 0.5) is 5.69 Å². The number of nitrogens with one attached hydrogen (secondary N) is 1. The third kappa shape index (κ3) is 2.09. The lowest BCUT2D eigenvalue weighted by atomic mass is 9.95. The van der Waals surface area contributed by atoms with E-state index in [1.54, 1.807) is 4.90 Å². The van der Waals surface area contributed by atoms with E-state index in [1.165, 1.54) is 0 Å². The molecule has 1 saturated carbocycles. The SMILES string of the molecule is Cc1ccccc1N1CCC(=O)NC2(CCCC2)C1=O. The second kappa shape index (κ2) is 4.93. The lowest BCUT2D eigenvalue weighted by Gasteiger charge is -2.32. The number of nitrogens with zero attached hydrogens (tertiary/aromatic N) is 1. The van der Waals surface area contributed by atoms with E-state index in [0.29, 0.717) is 13.0 Å². The van der Waals surface area contributed by atoms with Crippen LogP contribution in [0.15, 0.2) is 24.3 Å². The summed E-state index contributed by atoms with van der Waals surface area (Å²) in [6.45, 7) is 2.47. The molecule has 1 heterocycles. The van der Waals surface area contributed by atoms with Crippen molar-refractivity contribution in [3.63, 3.8) is 0 Å². The Morgan fingerprint density at radius 3 is 2.55 bits per heavy atom. The van der Waals surface area contributed by atoms with Gasteiger partial charge in [0.15, 0.2) is 0 Å². The summed E-state index contributed by atoms with van der Waals surface area (Å²) in [6, 6.07) is 7.88. The standard InChI is InChI=1S/C16H20N2O2/c1-12-6-2-3-7-13(12)18-11-8-14(19)17-16(15(18)20)9-4-5-10-16/h2-3,6-7H,4-5,8-11H2,1H3,(H,17,19). The number of anilines is 1. The zero-order valence-electron chi connectivity index (χ0n) is 11.8. The van der Waals surface area contributed by atoms with Crippen LogP contribution < -0.4 is 10.2 Å². The highest BCUT2D eigenvalue weighted by Gasteiger charge is 2.46. The van der Waals surface area contributed by atoms with Crippen LogP contribution in [0.1, 0.15) is 37.7 Å². The van der Waals surface area contributed by atoms with Crippen molar-refractivity contribution < 1.29 is 9.59 Å². The largest absolute Gasteiger partial charge is 0.342 e. The predicted molar refractivity (Wildman–Crippen MR) is 77.5 cm³/mol. The number of hydrogen-bond acceptors (Lipinski definition) is 2. The van der Waals surface area contributed by atoms with Crippen molar-refractivity contribution in [1.29, 1.82) is 0 Å². The molecule has 1 aromatic rings. The number of benzene rings is 1. The number of carbonyl (C=O) groups excluding carboxylic acids is 2. The van der Waals surface area contributed by atoms with E-state index >= 15 is 0 Å². The summed E-state index contributed by atoms with van der Waals surface area (Å²) in [5.41, 5.74) is 1.35. The van der Waals surface area contributed by atoms with Crippen molar-refractivity contribution in [2.75, 3.05) is 11.4 Å². The first kappa shape index (κ1) is 13.2. The molecule has 4 nitrogen and oxygen atoms in total. The van der Waals surface area contributed by atoms with Crippen LogP contribution in [-0.2, 0) is 9.59 Å². The summed E-state index contributed by atoms with van der Waals surface area (Å²) < 4.78 is 0. The van der Waals surface area contributed by atoms with Gasteiger partial charge >= 0.3 is 0 Å². The summed E-state index contributed by atoms with van der Waals surface area (Å²) in [6.07, 6.45) is 3.92. The molecule has 1 aromatic carbocycles. The molecule has 0 atom stereocenters. The average molecular weight is 272 g/mol. The van der Waals surface area contributed by atoms with Crippen molar-refractivity contribution in [3.8, 4) is 0 Å². The van der Waals surface area contributed by atoms with E-state index in [0.717, 1.165) is 36.9 Å². The van der Waals surface area contributed by atoms with E-state index in [1.807, 2.05) is 31.2 Å². The third-order valence-electron chi connectivity index (χ3n) is 4.46. The first-order chi connectivity index (χ1) is 9.62. The van der Waals surface area contributed by atoms with Gasteiger partial charge in [0.05, 0.1) is 0 Å². The molecule has 0 radical (unpaired) electrons. The molecule has 2 amide bonds. The molecule has 2 aliphatic rings. The predicted octanol–water partition coefficient (Wildman–Crippen LogP) is 2.16. The minimum atomic E-state index is -0.657. The van der Waals surface area contributed by atoms with E-state index in [2.05, 4.69) is 5.32 Å². The number of amides is 2. The van der Waals surface area contributed by atoms with Gasteiger partial charge in [0.2, 0.25) is 5.91 Å². The number of hydrogen-bond donors (Lipinski definition) is 1. The second-order valence-corrected chi connectivity index (χ2v) is 5.83. The average Bonchev–Trinajstić information content (AvgIpc) is 2.85. The maximum Gasteiger partial charge on any atom is 0.252 e. The first-order valence-corrected chi connectivity index (χ1v) is 7.31. The maximum absolute atomic E-state index is 13.0. The maximum atomic E-state index is 13.0. The van der Waals surface area contributed by atoms with Gasteiger partial charge in [-0.05, 0) is 31.4 Å². The Balaban J connectivity index is 2.00. The summed E-state index contributed by atoms with van der Waals surface area (Å²) in [7, 11) is 0. The van der Waals surface area contributed by atoms with Gasteiger partial charge in [0.25, 0.3) is 5.91 Å². The molecule has 1 aliphatic carbocycles. The molecule has 1 N–H and O–H groups in total. The number of carbonyl (C=O) groups is 2. The Kier molecular flexibility index (Phi) is 3.24. The molecule has 3 rings (SSSR count). The minimum absolute atomic E-state index is 0.00339. The molecule has 1 saturated heterocycles. The summed E-state index contributed by atoms with van der Waals surface area (Å²) in [4.78, 5) is 26.7. The lowest BCUT2D eigenvalue weighted by Crippen LogP contribution is -2.55. The summed E-state index contributed by atoms with van der Waals surface area (Å²) in [5.74, 6) is 0.0616. The van der Waals surface area contributed by atoms with Gasteiger partial charge in [-0.2, -0.15) is 0 Å². The Morgan fingerprint density at radius 2 is 1.85 bits per heavy atom. The van der Waals surface area contributed by atoms with Crippen molar-refractivity contribution in [2.24, 2.45) is 0 Å². The van der Waals surface area contributed by atoms with Crippen LogP contribution in [-0.4, -0.2) is 23.9 Å². The molecule has 2 fully saturated rings.